The minimum atomic E-state index is 0.0693. The highest BCUT2D eigenvalue weighted by molar-refractivity contribution is 8.01. The molecule has 1 nitrogen and oxygen atoms in total. The fraction of sp³-hybridized carbons (Fsp3) is 0.500. The Bertz CT molecular complexity index is 752. The van der Waals surface area contributed by atoms with Gasteiger partial charge >= 0.3 is 0 Å². The SMILES string of the molecule is c1ccc2c3c(ccc2c1)SC1(O3)C2CC3CC(C2)CC1C3. The van der Waals surface area contributed by atoms with E-state index in [1.54, 1.807) is 0 Å². The number of rotatable bonds is 0. The Balaban J connectivity index is 1.50. The average Bonchev–Trinajstić information content (AvgIpc) is 2.93. The molecule has 2 heteroatoms. The molecule has 0 aromatic heterocycles. The molecule has 0 radical (unpaired) electrons. The molecule has 0 amide bonds. The van der Waals surface area contributed by atoms with Crippen LogP contribution in [0, 0.1) is 23.7 Å². The Morgan fingerprint density at radius 2 is 1.59 bits per heavy atom. The van der Waals surface area contributed by atoms with Crippen molar-refractivity contribution in [2.75, 3.05) is 0 Å². The van der Waals surface area contributed by atoms with Gasteiger partial charge in [0.15, 0.2) is 4.93 Å². The molecule has 1 heterocycles. The molecule has 0 saturated heterocycles. The van der Waals surface area contributed by atoms with Gasteiger partial charge in [0, 0.05) is 17.2 Å². The number of benzene rings is 2. The van der Waals surface area contributed by atoms with Crippen LogP contribution in [0.1, 0.15) is 32.1 Å². The smallest absolute Gasteiger partial charge is 0.164 e. The minimum absolute atomic E-state index is 0.0693. The van der Waals surface area contributed by atoms with Gasteiger partial charge in [-0.05, 0) is 55.4 Å². The largest absolute Gasteiger partial charge is 0.474 e. The van der Waals surface area contributed by atoms with E-state index in [4.69, 9.17) is 4.74 Å². The standard InChI is InChI=1S/C20H20OS/c1-2-4-17-14(3-1)5-6-18-19(17)21-20(22-18)15-8-12-7-13(10-15)11-16(20)9-12/h1-6,12-13,15-16H,7-11H2. The topological polar surface area (TPSA) is 9.23 Å². The van der Waals surface area contributed by atoms with Crippen LogP contribution >= 0.6 is 11.8 Å². The molecule has 5 aliphatic rings. The summed E-state index contributed by atoms with van der Waals surface area (Å²) in [6.07, 6.45) is 7.14. The number of hydrogen-bond donors (Lipinski definition) is 0. The van der Waals surface area contributed by atoms with Crippen molar-refractivity contribution in [2.45, 2.75) is 41.9 Å². The van der Waals surface area contributed by atoms with Gasteiger partial charge in [0.2, 0.25) is 0 Å². The molecule has 4 bridgehead atoms. The zero-order valence-corrected chi connectivity index (χ0v) is 13.4. The zero-order chi connectivity index (χ0) is 14.3. The lowest BCUT2D eigenvalue weighted by Crippen LogP contribution is -2.57. The highest BCUT2D eigenvalue weighted by Crippen LogP contribution is 2.68. The fourth-order valence-electron chi connectivity index (χ4n) is 5.94. The van der Waals surface area contributed by atoms with Gasteiger partial charge < -0.3 is 4.74 Å². The molecule has 7 rings (SSSR count). The Labute approximate surface area is 135 Å². The van der Waals surface area contributed by atoms with Gasteiger partial charge in [-0.3, -0.25) is 0 Å². The molecule has 1 aliphatic heterocycles. The molecule has 0 atom stereocenters. The highest BCUT2D eigenvalue weighted by atomic mass is 32.2. The first kappa shape index (κ1) is 12.3. The van der Waals surface area contributed by atoms with E-state index in [1.807, 2.05) is 0 Å². The maximum Gasteiger partial charge on any atom is 0.164 e. The fourth-order valence-corrected chi connectivity index (χ4v) is 7.50. The number of fused-ring (bicyclic) bond motifs is 3. The van der Waals surface area contributed by atoms with Crippen molar-refractivity contribution < 1.29 is 4.74 Å². The lowest BCUT2D eigenvalue weighted by molar-refractivity contribution is -0.0970. The summed E-state index contributed by atoms with van der Waals surface area (Å²) in [4.78, 5) is 1.45. The van der Waals surface area contributed by atoms with Crippen LogP contribution in [0.4, 0.5) is 0 Å². The van der Waals surface area contributed by atoms with E-state index >= 15 is 0 Å². The first-order valence-corrected chi connectivity index (χ1v) is 9.53. The third kappa shape index (κ3) is 1.43. The molecule has 4 aliphatic carbocycles. The van der Waals surface area contributed by atoms with Crippen molar-refractivity contribution in [1.82, 2.24) is 0 Å². The lowest BCUT2D eigenvalue weighted by Gasteiger charge is -2.58. The maximum absolute atomic E-state index is 6.85. The molecule has 112 valence electrons. The van der Waals surface area contributed by atoms with Crippen LogP contribution in [0.2, 0.25) is 0 Å². The Morgan fingerprint density at radius 1 is 0.864 bits per heavy atom. The molecular weight excluding hydrogens is 288 g/mol. The maximum atomic E-state index is 6.85. The molecule has 22 heavy (non-hydrogen) atoms. The first-order chi connectivity index (χ1) is 10.8. The van der Waals surface area contributed by atoms with E-state index in [0.717, 1.165) is 23.7 Å². The molecule has 4 fully saturated rings. The Hall–Kier alpha value is -1.15. The summed E-state index contributed by atoms with van der Waals surface area (Å²) in [5, 5.41) is 2.61. The predicted octanol–water partition coefficient (Wildman–Crippen LogP) is 5.48. The quantitative estimate of drug-likeness (QED) is 0.637. The molecule has 2 aromatic rings. The second-order valence-corrected chi connectivity index (χ2v) is 9.13. The second-order valence-electron chi connectivity index (χ2n) is 7.84. The van der Waals surface area contributed by atoms with E-state index in [0.29, 0.717) is 0 Å². The van der Waals surface area contributed by atoms with Crippen LogP contribution in [0.25, 0.3) is 10.8 Å². The van der Waals surface area contributed by atoms with Crippen molar-refractivity contribution >= 4 is 22.5 Å². The average molecular weight is 308 g/mol. The first-order valence-electron chi connectivity index (χ1n) is 8.71. The van der Waals surface area contributed by atoms with Gasteiger partial charge in [0.25, 0.3) is 0 Å². The van der Waals surface area contributed by atoms with Gasteiger partial charge in [-0.2, -0.15) is 0 Å². The predicted molar refractivity (Wildman–Crippen MR) is 90.2 cm³/mol. The number of ether oxygens (including phenoxy) is 1. The van der Waals surface area contributed by atoms with Crippen molar-refractivity contribution in [3.8, 4) is 5.75 Å². The third-order valence-electron chi connectivity index (χ3n) is 6.65. The van der Waals surface area contributed by atoms with Crippen molar-refractivity contribution in [1.29, 1.82) is 0 Å². The summed E-state index contributed by atoms with van der Waals surface area (Å²) in [7, 11) is 0. The Kier molecular flexibility index (Phi) is 2.25. The van der Waals surface area contributed by atoms with E-state index in [-0.39, 0.29) is 4.93 Å². The second kappa shape index (κ2) is 4.03. The van der Waals surface area contributed by atoms with Crippen LogP contribution in [0.15, 0.2) is 41.3 Å². The summed E-state index contributed by atoms with van der Waals surface area (Å²) < 4.78 is 6.85. The summed E-state index contributed by atoms with van der Waals surface area (Å²) in [6.45, 7) is 0. The van der Waals surface area contributed by atoms with Crippen LogP contribution in [-0.2, 0) is 0 Å². The van der Waals surface area contributed by atoms with Gasteiger partial charge in [-0.1, -0.05) is 42.1 Å². The highest BCUT2D eigenvalue weighted by Gasteiger charge is 2.61. The molecular formula is C20H20OS. The Morgan fingerprint density at radius 3 is 2.36 bits per heavy atom. The summed E-state index contributed by atoms with van der Waals surface area (Å²) in [5.74, 6) is 4.73. The van der Waals surface area contributed by atoms with Gasteiger partial charge in [0.1, 0.15) is 5.75 Å². The number of hydrogen-bond acceptors (Lipinski definition) is 2. The minimum Gasteiger partial charge on any atom is -0.474 e. The van der Waals surface area contributed by atoms with E-state index in [2.05, 4.69) is 48.2 Å². The third-order valence-corrected chi connectivity index (χ3v) is 8.26. The molecule has 0 unspecified atom stereocenters. The van der Waals surface area contributed by atoms with Crippen LogP contribution < -0.4 is 4.74 Å². The van der Waals surface area contributed by atoms with Crippen molar-refractivity contribution in [3.05, 3.63) is 36.4 Å². The summed E-state index contributed by atoms with van der Waals surface area (Å²) in [6, 6.07) is 13.2. The summed E-state index contributed by atoms with van der Waals surface area (Å²) in [5.41, 5.74) is 0. The van der Waals surface area contributed by atoms with Gasteiger partial charge in [-0.25, -0.2) is 0 Å². The zero-order valence-electron chi connectivity index (χ0n) is 12.6. The molecule has 2 aromatic carbocycles. The normalized spacial score (nSPS) is 41.1. The van der Waals surface area contributed by atoms with Crippen LogP contribution in [0.5, 0.6) is 5.75 Å². The molecule has 0 N–H and O–H groups in total. The van der Waals surface area contributed by atoms with E-state index < -0.39 is 0 Å². The van der Waals surface area contributed by atoms with Gasteiger partial charge in [-0.15, -0.1) is 0 Å². The monoisotopic (exact) mass is 308 g/mol. The van der Waals surface area contributed by atoms with E-state index in [9.17, 15) is 0 Å². The van der Waals surface area contributed by atoms with Crippen LogP contribution in [-0.4, -0.2) is 4.93 Å². The van der Waals surface area contributed by atoms with Crippen molar-refractivity contribution in [2.24, 2.45) is 23.7 Å². The molecule has 1 spiro atoms. The lowest BCUT2D eigenvalue weighted by atomic mass is 9.54. The van der Waals surface area contributed by atoms with Crippen molar-refractivity contribution in [3.63, 3.8) is 0 Å². The van der Waals surface area contributed by atoms with Gasteiger partial charge in [0.05, 0.1) is 4.90 Å². The molecule has 4 saturated carbocycles. The number of thioether (sulfide) groups is 1. The van der Waals surface area contributed by atoms with Crippen LogP contribution in [0.3, 0.4) is 0 Å². The van der Waals surface area contributed by atoms with E-state index in [1.165, 1.54) is 53.5 Å². The summed E-state index contributed by atoms with van der Waals surface area (Å²) >= 11 is 2.07.